The Hall–Kier alpha value is -0.815. The van der Waals surface area contributed by atoms with E-state index in [-0.39, 0.29) is 7.05 Å². The lowest BCUT2D eigenvalue weighted by Crippen LogP contribution is -2.57. The van der Waals surface area contributed by atoms with Gasteiger partial charge in [0.15, 0.2) is 5.15 Å². The molecule has 1 N–H and O–H groups in total. The molecule has 0 aromatic carbocycles. The van der Waals surface area contributed by atoms with Crippen molar-refractivity contribution < 1.29 is 5.02 Å². The van der Waals surface area contributed by atoms with Crippen molar-refractivity contribution >= 4 is 36.0 Å². The maximum Gasteiger partial charge on any atom is 0.376 e. The fourth-order valence-electron chi connectivity index (χ4n) is 4.34. The lowest BCUT2D eigenvalue weighted by atomic mass is 9.68. The third kappa shape index (κ3) is 4.13. The zero-order valence-electron chi connectivity index (χ0n) is 14.7. The molecule has 0 radical (unpaired) electrons. The molecule has 3 atom stereocenters. The van der Waals surface area contributed by atoms with Crippen molar-refractivity contribution in [1.29, 1.82) is 0 Å². The molecule has 7 heteroatoms. The minimum Gasteiger partial charge on any atom is -0.437 e. The van der Waals surface area contributed by atoms with E-state index < -0.39 is 0 Å². The molecule has 3 rings (SSSR count). The molecule has 134 valence electrons. The number of nitrogens with zero attached hydrogens (tertiary/aromatic N) is 3. The van der Waals surface area contributed by atoms with Gasteiger partial charge < -0.3 is 9.83 Å². The van der Waals surface area contributed by atoms with Crippen molar-refractivity contribution in [2.24, 2.45) is 5.92 Å². The van der Waals surface area contributed by atoms with Crippen LogP contribution in [0.15, 0.2) is 30.2 Å². The maximum atomic E-state index is 10.2. The summed E-state index contributed by atoms with van der Waals surface area (Å²) < 4.78 is 0. The summed E-state index contributed by atoms with van der Waals surface area (Å²) in [5.74, 6) is 1.18. The summed E-state index contributed by atoms with van der Waals surface area (Å²) in [6.45, 7) is 10.0. The van der Waals surface area contributed by atoms with Crippen molar-refractivity contribution in [3.05, 3.63) is 36.1 Å². The van der Waals surface area contributed by atoms with Gasteiger partial charge in [-0.2, -0.15) is 0 Å². The highest BCUT2D eigenvalue weighted by Crippen LogP contribution is 2.43. The van der Waals surface area contributed by atoms with E-state index >= 15 is 0 Å². The number of halogens is 1. The largest absolute Gasteiger partial charge is 0.437 e. The molecule has 2 aliphatic rings. The summed E-state index contributed by atoms with van der Waals surface area (Å²) in [7, 11) is -0.376. The van der Waals surface area contributed by atoms with Crippen molar-refractivity contribution in [3.63, 3.8) is 0 Å². The highest BCUT2D eigenvalue weighted by Gasteiger charge is 2.42. The van der Waals surface area contributed by atoms with Crippen LogP contribution in [0.25, 0.3) is 5.57 Å². The van der Waals surface area contributed by atoms with E-state index in [0.717, 1.165) is 47.6 Å². The predicted molar refractivity (Wildman–Crippen MR) is 107 cm³/mol. The monoisotopic (exact) mass is 377 g/mol. The molecule has 1 aromatic rings. The smallest absolute Gasteiger partial charge is 0.376 e. The zero-order valence-corrected chi connectivity index (χ0v) is 16.3. The molecular weight excluding hydrogens is 353 g/mol. The molecule has 25 heavy (non-hydrogen) atoms. The van der Waals surface area contributed by atoms with Crippen LogP contribution >= 0.6 is 23.4 Å². The molecule has 1 aromatic heterocycles. The Morgan fingerprint density at radius 1 is 1.44 bits per heavy atom. The Morgan fingerprint density at radius 2 is 2.12 bits per heavy atom. The molecular formula is C18H25BClN3OS. The molecule has 0 spiro atoms. The Morgan fingerprint density at radius 3 is 2.72 bits per heavy atom. The summed E-state index contributed by atoms with van der Waals surface area (Å²) in [6, 6.07) is 2.73. The molecule has 0 saturated carbocycles. The number of allylic oxidation sites excluding steroid dienone is 1. The van der Waals surface area contributed by atoms with Crippen LogP contribution < -0.4 is 0 Å². The molecule has 2 saturated heterocycles. The first-order valence-electron chi connectivity index (χ1n) is 8.92. The van der Waals surface area contributed by atoms with E-state index in [1.807, 2.05) is 19.0 Å². The van der Waals surface area contributed by atoms with Gasteiger partial charge in [-0.15, -0.1) is 28.5 Å². The first-order valence-corrected chi connectivity index (χ1v) is 10.3. The van der Waals surface area contributed by atoms with Gasteiger partial charge in [-0.05, 0) is 50.1 Å². The third-order valence-electron chi connectivity index (χ3n) is 5.35. The number of rotatable bonds is 6. The lowest BCUT2D eigenvalue weighted by Gasteiger charge is -2.50. The van der Waals surface area contributed by atoms with Gasteiger partial charge in [0.2, 0.25) is 0 Å². The minimum absolute atomic E-state index is 0.376. The van der Waals surface area contributed by atoms with Crippen LogP contribution in [-0.4, -0.2) is 44.9 Å². The Kier molecular flexibility index (Phi) is 6.26. The maximum absolute atomic E-state index is 10.2. The molecule has 1 unspecified atom stereocenters. The molecule has 2 bridgehead atoms. The lowest BCUT2D eigenvalue weighted by molar-refractivity contribution is 0.0856. The number of hydrogen-bond acceptors (Lipinski definition) is 5. The highest BCUT2D eigenvalue weighted by molar-refractivity contribution is 7.99. The highest BCUT2D eigenvalue weighted by atomic mass is 35.5. The normalized spacial score (nSPS) is 26.3. The second kappa shape index (κ2) is 8.25. The van der Waals surface area contributed by atoms with Gasteiger partial charge >= 0.3 is 7.05 Å². The van der Waals surface area contributed by atoms with Gasteiger partial charge in [-0.25, -0.2) is 0 Å². The molecule has 0 aliphatic carbocycles. The van der Waals surface area contributed by atoms with Crippen LogP contribution in [0.5, 0.6) is 0 Å². The fraction of sp³-hybridized carbons (Fsp3) is 0.556. The van der Waals surface area contributed by atoms with Gasteiger partial charge in [0, 0.05) is 22.7 Å². The zero-order chi connectivity index (χ0) is 18.0. The van der Waals surface area contributed by atoms with Gasteiger partial charge in [0.25, 0.3) is 0 Å². The van der Waals surface area contributed by atoms with Crippen LogP contribution in [0, 0.1) is 5.92 Å². The van der Waals surface area contributed by atoms with E-state index in [2.05, 4.69) is 28.2 Å². The summed E-state index contributed by atoms with van der Waals surface area (Å²) >= 11 is 7.71. The van der Waals surface area contributed by atoms with Crippen molar-refractivity contribution in [1.82, 2.24) is 15.0 Å². The van der Waals surface area contributed by atoms with E-state index in [4.69, 9.17) is 11.6 Å². The van der Waals surface area contributed by atoms with Gasteiger partial charge in [0.1, 0.15) is 5.69 Å². The van der Waals surface area contributed by atoms with Gasteiger partial charge in [-0.3, -0.25) is 0 Å². The first kappa shape index (κ1) is 19.0. The van der Waals surface area contributed by atoms with Crippen LogP contribution in [0.4, 0.5) is 0 Å². The van der Waals surface area contributed by atoms with E-state index in [1.165, 1.54) is 6.42 Å². The minimum atomic E-state index is -0.376. The number of aromatic nitrogens is 2. The van der Waals surface area contributed by atoms with Crippen LogP contribution in [0.1, 0.15) is 37.8 Å². The standard InChI is InChI=1S/C18H25BClN3OS/c1-4-8-25-16-11-17(20)21-22-18(16)12(2)13-9-14-6-5-7-15(10-13)23(14)19(3)24/h4,11,13-15,24H,1-2,5-10H2,3H3/t13?,14-,15+. The quantitative estimate of drug-likeness (QED) is 0.458. The topological polar surface area (TPSA) is 49.2 Å². The summed E-state index contributed by atoms with van der Waals surface area (Å²) in [6.07, 6.45) is 7.47. The summed E-state index contributed by atoms with van der Waals surface area (Å²) in [5, 5.41) is 19.0. The Bertz CT molecular complexity index is 643. The molecule has 2 aliphatic heterocycles. The van der Waals surface area contributed by atoms with Crippen molar-refractivity contribution in [3.8, 4) is 0 Å². The van der Waals surface area contributed by atoms with Crippen LogP contribution in [0.3, 0.4) is 0 Å². The molecule has 4 nitrogen and oxygen atoms in total. The second-order valence-electron chi connectivity index (χ2n) is 6.99. The van der Waals surface area contributed by atoms with E-state index in [9.17, 15) is 5.02 Å². The average Bonchev–Trinajstić information content (AvgIpc) is 2.58. The number of thioether (sulfide) groups is 1. The molecule has 3 heterocycles. The Labute approximate surface area is 159 Å². The molecule has 0 amide bonds. The fourth-order valence-corrected chi connectivity index (χ4v) is 5.35. The van der Waals surface area contributed by atoms with Gasteiger partial charge in [-0.1, -0.05) is 30.7 Å². The summed E-state index contributed by atoms with van der Waals surface area (Å²) in [4.78, 5) is 3.32. The van der Waals surface area contributed by atoms with E-state index in [1.54, 1.807) is 11.8 Å². The third-order valence-corrected chi connectivity index (χ3v) is 6.55. The van der Waals surface area contributed by atoms with Crippen molar-refractivity contribution in [2.75, 3.05) is 5.75 Å². The van der Waals surface area contributed by atoms with E-state index in [0.29, 0.717) is 23.2 Å². The number of piperidine rings is 2. The molecule has 2 fully saturated rings. The number of fused-ring (bicyclic) bond motifs is 2. The summed E-state index contributed by atoms with van der Waals surface area (Å²) in [5.41, 5.74) is 1.92. The SMILES string of the molecule is C=CCSc1cc(Cl)nnc1C(=C)C1C[C@H]2CCC[C@@H](C1)N2B(C)O. The van der Waals surface area contributed by atoms with Gasteiger partial charge in [0.05, 0.1) is 0 Å². The van der Waals surface area contributed by atoms with Crippen molar-refractivity contribution in [2.45, 2.75) is 55.9 Å². The van der Waals surface area contributed by atoms with Crippen LogP contribution in [0.2, 0.25) is 12.0 Å². The Balaban J connectivity index is 1.81. The predicted octanol–water partition coefficient (Wildman–Crippen LogP) is 4.16. The second-order valence-corrected chi connectivity index (χ2v) is 8.44. The van der Waals surface area contributed by atoms with Crippen LogP contribution in [-0.2, 0) is 0 Å². The number of hydrogen-bond donors (Lipinski definition) is 1. The average molecular weight is 378 g/mol. The first-order chi connectivity index (χ1) is 12.0.